The van der Waals surface area contributed by atoms with Gasteiger partial charge in [0.2, 0.25) is 5.95 Å². The second kappa shape index (κ2) is 7.41. The highest BCUT2D eigenvalue weighted by molar-refractivity contribution is 9.10. The number of nitrogens with zero attached hydrogens (tertiary/aromatic N) is 4. The van der Waals surface area contributed by atoms with Gasteiger partial charge in [0.05, 0.1) is 4.47 Å². The SMILES string of the molecule is O=C(OCc1ccccc1)N1CCN(c2ncc(Br)cn2)CC1. The van der Waals surface area contributed by atoms with Crippen LogP contribution in [-0.2, 0) is 11.3 Å². The predicted molar refractivity (Wildman–Crippen MR) is 90.1 cm³/mol. The Balaban J connectivity index is 1.48. The Morgan fingerprint density at radius 3 is 2.39 bits per heavy atom. The van der Waals surface area contributed by atoms with Crippen LogP contribution < -0.4 is 4.90 Å². The fourth-order valence-electron chi connectivity index (χ4n) is 2.37. The molecule has 23 heavy (non-hydrogen) atoms. The summed E-state index contributed by atoms with van der Waals surface area (Å²) in [5, 5.41) is 0. The van der Waals surface area contributed by atoms with Gasteiger partial charge in [-0.3, -0.25) is 0 Å². The summed E-state index contributed by atoms with van der Waals surface area (Å²) in [6.07, 6.45) is 3.18. The summed E-state index contributed by atoms with van der Waals surface area (Å²) in [4.78, 5) is 24.5. The Labute approximate surface area is 143 Å². The van der Waals surface area contributed by atoms with E-state index in [0.29, 0.717) is 38.7 Å². The molecule has 2 aromatic rings. The van der Waals surface area contributed by atoms with Gasteiger partial charge in [0, 0.05) is 38.6 Å². The molecule has 1 fully saturated rings. The number of hydrogen-bond donors (Lipinski definition) is 0. The van der Waals surface area contributed by atoms with Gasteiger partial charge in [-0.15, -0.1) is 0 Å². The third-order valence-electron chi connectivity index (χ3n) is 3.63. The van der Waals surface area contributed by atoms with E-state index in [1.54, 1.807) is 17.3 Å². The topological polar surface area (TPSA) is 58.6 Å². The first-order valence-electron chi connectivity index (χ1n) is 7.40. The molecule has 1 aromatic heterocycles. The van der Waals surface area contributed by atoms with Crippen LogP contribution >= 0.6 is 15.9 Å². The second-order valence-corrected chi connectivity index (χ2v) is 6.13. The molecule has 0 atom stereocenters. The summed E-state index contributed by atoms with van der Waals surface area (Å²) in [7, 11) is 0. The number of rotatable bonds is 3. The van der Waals surface area contributed by atoms with E-state index < -0.39 is 0 Å². The Bertz CT molecular complexity index is 643. The minimum atomic E-state index is -0.273. The van der Waals surface area contributed by atoms with Gasteiger partial charge < -0.3 is 14.5 Å². The molecule has 0 bridgehead atoms. The molecule has 120 valence electrons. The number of benzene rings is 1. The van der Waals surface area contributed by atoms with Crippen molar-refractivity contribution in [2.24, 2.45) is 0 Å². The van der Waals surface area contributed by atoms with Gasteiger partial charge in [-0.2, -0.15) is 0 Å². The van der Waals surface area contributed by atoms with Crippen molar-refractivity contribution in [3.8, 4) is 0 Å². The smallest absolute Gasteiger partial charge is 0.410 e. The molecule has 0 N–H and O–H groups in total. The van der Waals surface area contributed by atoms with Crippen LogP contribution in [0.3, 0.4) is 0 Å². The van der Waals surface area contributed by atoms with Gasteiger partial charge in [0.15, 0.2) is 0 Å². The first-order chi connectivity index (χ1) is 11.2. The maximum atomic E-state index is 12.1. The zero-order valence-corrected chi connectivity index (χ0v) is 14.1. The average Bonchev–Trinajstić information content (AvgIpc) is 2.61. The van der Waals surface area contributed by atoms with E-state index in [9.17, 15) is 4.79 Å². The van der Waals surface area contributed by atoms with Gasteiger partial charge in [-0.05, 0) is 21.5 Å². The summed E-state index contributed by atoms with van der Waals surface area (Å²) >= 11 is 3.32. The zero-order valence-electron chi connectivity index (χ0n) is 12.6. The molecule has 1 aliphatic heterocycles. The van der Waals surface area contributed by atoms with Crippen molar-refractivity contribution in [3.05, 3.63) is 52.8 Å². The molecule has 6 nitrogen and oxygen atoms in total. The van der Waals surface area contributed by atoms with Crippen LogP contribution in [-0.4, -0.2) is 47.1 Å². The van der Waals surface area contributed by atoms with Gasteiger partial charge in [0.1, 0.15) is 6.61 Å². The standard InChI is InChI=1S/C16H17BrN4O2/c17-14-10-18-15(19-11-14)20-6-8-21(9-7-20)16(22)23-12-13-4-2-1-3-5-13/h1-5,10-11H,6-9,12H2. The van der Waals surface area contributed by atoms with E-state index in [2.05, 4.69) is 30.8 Å². The van der Waals surface area contributed by atoms with Gasteiger partial charge in [-0.25, -0.2) is 14.8 Å². The molecule has 0 radical (unpaired) electrons. The fourth-order valence-corrected chi connectivity index (χ4v) is 2.57. The van der Waals surface area contributed by atoms with E-state index in [1.165, 1.54) is 0 Å². The van der Waals surface area contributed by atoms with Crippen molar-refractivity contribution in [1.29, 1.82) is 0 Å². The van der Waals surface area contributed by atoms with Crippen LogP contribution in [0.2, 0.25) is 0 Å². The lowest BCUT2D eigenvalue weighted by Crippen LogP contribution is -2.49. The number of aromatic nitrogens is 2. The quantitative estimate of drug-likeness (QED) is 0.823. The highest BCUT2D eigenvalue weighted by Crippen LogP contribution is 2.14. The molecular weight excluding hydrogens is 360 g/mol. The molecule has 0 saturated carbocycles. The van der Waals surface area contributed by atoms with Crippen molar-refractivity contribution in [1.82, 2.24) is 14.9 Å². The fraction of sp³-hybridized carbons (Fsp3) is 0.312. The Kier molecular flexibility index (Phi) is 5.07. The van der Waals surface area contributed by atoms with Crippen LogP contribution in [0.1, 0.15) is 5.56 Å². The maximum Gasteiger partial charge on any atom is 0.410 e. The molecule has 1 aliphatic rings. The highest BCUT2D eigenvalue weighted by atomic mass is 79.9. The number of ether oxygens (including phenoxy) is 1. The summed E-state index contributed by atoms with van der Waals surface area (Å²) in [6.45, 7) is 2.90. The van der Waals surface area contributed by atoms with Crippen molar-refractivity contribution in [2.45, 2.75) is 6.61 Å². The van der Waals surface area contributed by atoms with E-state index in [0.717, 1.165) is 10.0 Å². The summed E-state index contributed by atoms with van der Waals surface area (Å²) in [5.74, 6) is 0.686. The molecular formula is C16H17BrN4O2. The van der Waals surface area contributed by atoms with Crippen molar-refractivity contribution < 1.29 is 9.53 Å². The highest BCUT2D eigenvalue weighted by Gasteiger charge is 2.23. The molecule has 3 rings (SSSR count). The lowest BCUT2D eigenvalue weighted by molar-refractivity contribution is 0.0941. The molecule has 0 spiro atoms. The second-order valence-electron chi connectivity index (χ2n) is 5.22. The maximum absolute atomic E-state index is 12.1. The number of amides is 1. The van der Waals surface area contributed by atoms with E-state index in [1.807, 2.05) is 30.3 Å². The van der Waals surface area contributed by atoms with Crippen LogP contribution in [0, 0.1) is 0 Å². The number of carbonyl (C=O) groups is 1. The molecule has 1 amide bonds. The lowest BCUT2D eigenvalue weighted by Gasteiger charge is -2.34. The van der Waals surface area contributed by atoms with Crippen LogP contribution in [0.4, 0.5) is 10.7 Å². The molecule has 7 heteroatoms. The number of anilines is 1. The number of piperazine rings is 1. The van der Waals surface area contributed by atoms with Crippen molar-refractivity contribution in [3.63, 3.8) is 0 Å². The van der Waals surface area contributed by atoms with E-state index in [-0.39, 0.29) is 6.09 Å². The predicted octanol–water partition coefficient (Wildman–Crippen LogP) is 2.70. The van der Waals surface area contributed by atoms with E-state index in [4.69, 9.17) is 4.74 Å². The number of hydrogen-bond acceptors (Lipinski definition) is 5. The molecule has 0 unspecified atom stereocenters. The summed E-state index contributed by atoms with van der Waals surface area (Å²) < 4.78 is 6.21. The third-order valence-corrected chi connectivity index (χ3v) is 4.04. The molecule has 1 saturated heterocycles. The van der Waals surface area contributed by atoms with Crippen molar-refractivity contribution >= 4 is 28.0 Å². The average molecular weight is 377 g/mol. The van der Waals surface area contributed by atoms with Gasteiger partial charge in [-0.1, -0.05) is 30.3 Å². The van der Waals surface area contributed by atoms with Gasteiger partial charge in [0.25, 0.3) is 0 Å². The van der Waals surface area contributed by atoms with Gasteiger partial charge >= 0.3 is 6.09 Å². The lowest BCUT2D eigenvalue weighted by atomic mass is 10.2. The monoisotopic (exact) mass is 376 g/mol. The van der Waals surface area contributed by atoms with Crippen LogP contribution in [0.25, 0.3) is 0 Å². The Morgan fingerprint density at radius 2 is 1.74 bits per heavy atom. The minimum absolute atomic E-state index is 0.273. The van der Waals surface area contributed by atoms with Crippen LogP contribution in [0.5, 0.6) is 0 Å². The van der Waals surface area contributed by atoms with Crippen LogP contribution in [0.15, 0.2) is 47.2 Å². The summed E-state index contributed by atoms with van der Waals surface area (Å²) in [6, 6.07) is 9.68. The third kappa shape index (κ3) is 4.19. The van der Waals surface area contributed by atoms with E-state index >= 15 is 0 Å². The molecule has 1 aromatic carbocycles. The minimum Gasteiger partial charge on any atom is -0.445 e. The molecule has 0 aliphatic carbocycles. The number of halogens is 1. The Morgan fingerprint density at radius 1 is 1.09 bits per heavy atom. The zero-order chi connectivity index (χ0) is 16.1. The first kappa shape index (κ1) is 15.7. The normalized spacial score (nSPS) is 14.7. The largest absolute Gasteiger partial charge is 0.445 e. The summed E-state index contributed by atoms with van der Waals surface area (Å²) in [5.41, 5.74) is 0.989. The Hall–Kier alpha value is -2.15. The number of carbonyl (C=O) groups excluding carboxylic acids is 1. The molecule has 2 heterocycles. The first-order valence-corrected chi connectivity index (χ1v) is 8.20. The van der Waals surface area contributed by atoms with Crippen molar-refractivity contribution in [2.75, 3.05) is 31.1 Å².